The molecule has 6 nitrogen and oxygen atoms in total. The summed E-state index contributed by atoms with van der Waals surface area (Å²) in [7, 11) is 0. The molecule has 0 bridgehead atoms. The molecule has 0 saturated heterocycles. The predicted octanol–water partition coefficient (Wildman–Crippen LogP) is 2.81. The lowest BCUT2D eigenvalue weighted by atomic mass is 10.00. The van der Waals surface area contributed by atoms with E-state index < -0.39 is 10.9 Å². The monoisotopic (exact) mass is 266 g/mol. The van der Waals surface area contributed by atoms with E-state index in [0.29, 0.717) is 0 Å². The molecule has 0 heterocycles. The zero-order valence-electron chi connectivity index (χ0n) is 11.2. The van der Waals surface area contributed by atoms with Gasteiger partial charge in [0.15, 0.2) is 0 Å². The molecule has 104 valence electrons. The number of aliphatic carboxylic acids is 1. The van der Waals surface area contributed by atoms with Gasteiger partial charge in [0.1, 0.15) is 0 Å². The number of nitrogens with one attached hydrogen (secondary N) is 1. The van der Waals surface area contributed by atoms with Crippen molar-refractivity contribution in [2.45, 2.75) is 33.2 Å². The Morgan fingerprint density at radius 2 is 2.11 bits per heavy atom. The maximum absolute atomic E-state index is 10.8. The topological polar surface area (TPSA) is 92.5 Å². The number of carbonyl (C=O) groups is 1. The van der Waals surface area contributed by atoms with Gasteiger partial charge < -0.3 is 10.4 Å². The number of non-ortho nitro benzene ring substituents is 1. The number of benzene rings is 1. The number of hydrogen-bond acceptors (Lipinski definition) is 4. The molecular formula is C13H18N2O4. The molecule has 0 aliphatic rings. The van der Waals surface area contributed by atoms with E-state index in [9.17, 15) is 14.9 Å². The quantitative estimate of drug-likeness (QED) is 0.610. The summed E-state index contributed by atoms with van der Waals surface area (Å²) in [5.41, 5.74) is 1.48. The Labute approximate surface area is 111 Å². The summed E-state index contributed by atoms with van der Waals surface area (Å²) in [4.78, 5) is 21.0. The number of nitro groups is 1. The normalized spacial score (nSPS) is 12.2. The number of carboxylic acids is 1. The highest BCUT2D eigenvalue weighted by atomic mass is 16.6. The van der Waals surface area contributed by atoms with Crippen molar-refractivity contribution < 1.29 is 14.8 Å². The van der Waals surface area contributed by atoms with Crippen LogP contribution in [0.5, 0.6) is 0 Å². The fourth-order valence-electron chi connectivity index (χ4n) is 1.76. The van der Waals surface area contributed by atoms with Crippen molar-refractivity contribution in [2.24, 2.45) is 5.92 Å². The molecule has 0 radical (unpaired) electrons. The van der Waals surface area contributed by atoms with E-state index in [1.54, 1.807) is 13.0 Å². The third-order valence-electron chi connectivity index (χ3n) is 2.96. The van der Waals surface area contributed by atoms with Crippen LogP contribution in [-0.2, 0) is 4.79 Å². The van der Waals surface area contributed by atoms with E-state index in [2.05, 4.69) is 5.32 Å². The first-order valence-electron chi connectivity index (χ1n) is 6.04. The first kappa shape index (κ1) is 14.9. The molecule has 19 heavy (non-hydrogen) atoms. The molecule has 6 heteroatoms. The fraction of sp³-hybridized carbons (Fsp3) is 0.462. The van der Waals surface area contributed by atoms with Crippen molar-refractivity contribution in [3.8, 4) is 0 Å². The van der Waals surface area contributed by atoms with Gasteiger partial charge in [0.05, 0.1) is 11.3 Å². The SMILES string of the molecule is Cc1cc([N+](=O)[O-])ccc1NC(CC(=O)O)C(C)C. The van der Waals surface area contributed by atoms with E-state index in [4.69, 9.17) is 5.11 Å². The highest BCUT2D eigenvalue weighted by Crippen LogP contribution is 2.23. The Hall–Kier alpha value is -2.11. The molecule has 1 atom stereocenters. The number of anilines is 1. The zero-order valence-corrected chi connectivity index (χ0v) is 11.2. The Bertz CT molecular complexity index is 486. The third-order valence-corrected chi connectivity index (χ3v) is 2.96. The minimum atomic E-state index is -0.870. The average Bonchev–Trinajstić information content (AvgIpc) is 2.29. The largest absolute Gasteiger partial charge is 0.481 e. The lowest BCUT2D eigenvalue weighted by Crippen LogP contribution is -2.28. The first-order chi connectivity index (χ1) is 8.81. The van der Waals surface area contributed by atoms with Crippen LogP contribution in [0.1, 0.15) is 25.8 Å². The van der Waals surface area contributed by atoms with Crippen LogP contribution in [0.25, 0.3) is 0 Å². The number of nitrogens with zero attached hydrogens (tertiary/aromatic N) is 1. The van der Waals surface area contributed by atoms with Gasteiger partial charge >= 0.3 is 5.97 Å². The summed E-state index contributed by atoms with van der Waals surface area (Å²) in [6.45, 7) is 5.62. The number of rotatable bonds is 6. The first-order valence-corrected chi connectivity index (χ1v) is 6.04. The standard InChI is InChI=1S/C13H18N2O4/c1-8(2)12(7-13(16)17)14-11-5-4-10(15(18)19)6-9(11)3/h4-6,8,12,14H,7H2,1-3H3,(H,16,17). The lowest BCUT2D eigenvalue weighted by Gasteiger charge is -2.22. The van der Waals surface area contributed by atoms with Gasteiger partial charge in [0, 0.05) is 23.9 Å². The third kappa shape index (κ3) is 4.24. The second kappa shape index (κ2) is 6.17. The molecule has 0 saturated carbocycles. The highest BCUT2D eigenvalue weighted by Gasteiger charge is 2.18. The van der Waals surface area contributed by atoms with Gasteiger partial charge in [-0.1, -0.05) is 13.8 Å². The van der Waals surface area contributed by atoms with Crippen molar-refractivity contribution in [1.29, 1.82) is 0 Å². The highest BCUT2D eigenvalue weighted by molar-refractivity contribution is 5.68. The van der Waals surface area contributed by atoms with E-state index in [0.717, 1.165) is 11.3 Å². The Kier molecular flexibility index (Phi) is 4.86. The van der Waals surface area contributed by atoms with Crippen molar-refractivity contribution in [1.82, 2.24) is 0 Å². The summed E-state index contributed by atoms with van der Waals surface area (Å²) in [5, 5.41) is 22.7. The molecule has 0 aromatic heterocycles. The summed E-state index contributed by atoms with van der Waals surface area (Å²) in [6.07, 6.45) is 0.00803. The molecule has 0 spiro atoms. The van der Waals surface area contributed by atoms with E-state index in [-0.39, 0.29) is 24.1 Å². The van der Waals surface area contributed by atoms with Crippen LogP contribution in [0.3, 0.4) is 0 Å². The van der Waals surface area contributed by atoms with Gasteiger partial charge in [-0.15, -0.1) is 0 Å². The summed E-state index contributed by atoms with van der Waals surface area (Å²) < 4.78 is 0. The Morgan fingerprint density at radius 3 is 2.53 bits per heavy atom. The number of nitro benzene ring substituents is 1. The number of aryl methyl sites for hydroxylation is 1. The molecular weight excluding hydrogens is 248 g/mol. The molecule has 1 aromatic rings. The molecule has 0 fully saturated rings. The van der Waals surface area contributed by atoms with Gasteiger partial charge in [0.2, 0.25) is 0 Å². The van der Waals surface area contributed by atoms with E-state index in [1.807, 2.05) is 13.8 Å². The van der Waals surface area contributed by atoms with Gasteiger partial charge in [0.25, 0.3) is 5.69 Å². The van der Waals surface area contributed by atoms with Crippen molar-refractivity contribution in [3.05, 3.63) is 33.9 Å². The van der Waals surface area contributed by atoms with Gasteiger partial charge in [-0.25, -0.2) is 0 Å². The number of hydrogen-bond donors (Lipinski definition) is 2. The molecule has 1 rings (SSSR count). The van der Waals surface area contributed by atoms with Crippen molar-refractivity contribution >= 4 is 17.3 Å². The maximum atomic E-state index is 10.8. The Balaban J connectivity index is 2.91. The van der Waals surface area contributed by atoms with Crippen LogP contribution < -0.4 is 5.32 Å². The smallest absolute Gasteiger partial charge is 0.305 e. The predicted molar refractivity (Wildman–Crippen MR) is 72.3 cm³/mol. The average molecular weight is 266 g/mol. The van der Waals surface area contributed by atoms with Crippen LogP contribution in [0, 0.1) is 23.0 Å². The summed E-state index contributed by atoms with van der Waals surface area (Å²) in [6, 6.07) is 4.29. The van der Waals surface area contributed by atoms with Gasteiger partial charge in [-0.2, -0.15) is 0 Å². The van der Waals surface area contributed by atoms with Gasteiger partial charge in [-0.05, 0) is 24.5 Å². The van der Waals surface area contributed by atoms with Crippen LogP contribution in [0.2, 0.25) is 0 Å². The van der Waals surface area contributed by atoms with Crippen LogP contribution in [0.4, 0.5) is 11.4 Å². The molecule has 0 aliphatic heterocycles. The second-order valence-electron chi connectivity index (χ2n) is 4.85. The van der Waals surface area contributed by atoms with Crippen molar-refractivity contribution in [2.75, 3.05) is 5.32 Å². The molecule has 1 aromatic carbocycles. The molecule has 1 unspecified atom stereocenters. The lowest BCUT2D eigenvalue weighted by molar-refractivity contribution is -0.384. The van der Waals surface area contributed by atoms with Gasteiger partial charge in [-0.3, -0.25) is 14.9 Å². The molecule has 0 amide bonds. The minimum Gasteiger partial charge on any atom is -0.481 e. The second-order valence-corrected chi connectivity index (χ2v) is 4.85. The fourth-order valence-corrected chi connectivity index (χ4v) is 1.76. The molecule has 0 aliphatic carbocycles. The molecule has 2 N–H and O–H groups in total. The number of carboxylic acid groups (broad SMARTS) is 1. The Morgan fingerprint density at radius 1 is 1.47 bits per heavy atom. The van der Waals surface area contributed by atoms with Crippen molar-refractivity contribution in [3.63, 3.8) is 0 Å². The summed E-state index contributed by atoms with van der Waals surface area (Å²) in [5.74, 6) is -0.726. The summed E-state index contributed by atoms with van der Waals surface area (Å²) >= 11 is 0. The van der Waals surface area contributed by atoms with Crippen LogP contribution >= 0.6 is 0 Å². The van der Waals surface area contributed by atoms with Crippen LogP contribution in [0.15, 0.2) is 18.2 Å². The zero-order chi connectivity index (χ0) is 14.6. The van der Waals surface area contributed by atoms with Crippen LogP contribution in [-0.4, -0.2) is 22.0 Å². The maximum Gasteiger partial charge on any atom is 0.305 e. The van der Waals surface area contributed by atoms with E-state index >= 15 is 0 Å². The van der Waals surface area contributed by atoms with E-state index in [1.165, 1.54) is 12.1 Å². The minimum absolute atomic E-state index is 0.00803.